The van der Waals surface area contributed by atoms with Crippen LogP contribution in [0.15, 0.2) is 47.4 Å². The summed E-state index contributed by atoms with van der Waals surface area (Å²) in [6.07, 6.45) is 0.671. The van der Waals surface area contributed by atoms with Gasteiger partial charge >= 0.3 is 5.97 Å². The number of nitrogens with zero attached hydrogens (tertiary/aromatic N) is 1. The van der Waals surface area contributed by atoms with Crippen molar-refractivity contribution >= 4 is 27.6 Å². The molecule has 0 unspecified atom stereocenters. The molecule has 174 valence electrons. The largest absolute Gasteiger partial charge is 0.460 e. The summed E-state index contributed by atoms with van der Waals surface area (Å²) in [5.41, 5.74) is 0.336. The zero-order valence-corrected chi connectivity index (χ0v) is 19.8. The Kier molecular flexibility index (Phi) is 8.01. The van der Waals surface area contributed by atoms with Crippen LogP contribution in [0, 0.1) is 12.7 Å². The molecule has 0 fully saturated rings. The summed E-state index contributed by atoms with van der Waals surface area (Å²) < 4.78 is 46.1. The van der Waals surface area contributed by atoms with Crippen molar-refractivity contribution in [2.45, 2.75) is 51.0 Å². The fourth-order valence-electron chi connectivity index (χ4n) is 2.85. The average Bonchev–Trinajstić information content (AvgIpc) is 2.68. The van der Waals surface area contributed by atoms with Gasteiger partial charge in [0.2, 0.25) is 0 Å². The minimum absolute atomic E-state index is 0.0544. The van der Waals surface area contributed by atoms with E-state index in [9.17, 15) is 22.4 Å². The Morgan fingerprint density at radius 3 is 2.28 bits per heavy atom. The van der Waals surface area contributed by atoms with Crippen LogP contribution in [-0.4, -0.2) is 44.4 Å². The summed E-state index contributed by atoms with van der Waals surface area (Å²) in [5, 5.41) is 0. The lowest BCUT2D eigenvalue weighted by Crippen LogP contribution is -2.29. The van der Waals surface area contributed by atoms with E-state index in [4.69, 9.17) is 4.74 Å². The lowest BCUT2D eigenvalue weighted by atomic mass is 10.1. The topological polar surface area (TPSA) is 92.8 Å². The number of sulfonamides is 1. The fourth-order valence-corrected chi connectivity index (χ4v) is 4.00. The number of hydrogen-bond donors (Lipinski definition) is 1. The van der Waals surface area contributed by atoms with Crippen LogP contribution in [0.4, 0.5) is 10.1 Å². The van der Waals surface area contributed by atoms with Crippen LogP contribution in [0.25, 0.3) is 0 Å². The molecule has 0 aliphatic carbocycles. The molecule has 2 rings (SSSR count). The first-order chi connectivity index (χ1) is 14.8. The molecular formula is C23H29FN2O5S. The molecule has 1 N–H and O–H groups in total. The Morgan fingerprint density at radius 2 is 1.72 bits per heavy atom. The summed E-state index contributed by atoms with van der Waals surface area (Å²) in [4.78, 5) is 25.8. The highest BCUT2D eigenvalue weighted by molar-refractivity contribution is 7.92. The van der Waals surface area contributed by atoms with E-state index in [-0.39, 0.29) is 34.4 Å². The van der Waals surface area contributed by atoms with E-state index in [2.05, 4.69) is 4.72 Å². The molecule has 0 atom stereocenters. The van der Waals surface area contributed by atoms with Gasteiger partial charge in [-0.2, -0.15) is 0 Å². The summed E-state index contributed by atoms with van der Waals surface area (Å²) in [6, 6.07) is 9.53. The van der Waals surface area contributed by atoms with E-state index in [1.807, 2.05) is 0 Å². The first-order valence-corrected chi connectivity index (χ1v) is 11.6. The molecule has 2 aromatic carbocycles. The zero-order chi connectivity index (χ0) is 24.1. The molecule has 0 radical (unpaired) electrons. The number of amides is 1. The van der Waals surface area contributed by atoms with Gasteiger partial charge in [-0.1, -0.05) is 0 Å². The van der Waals surface area contributed by atoms with Crippen LogP contribution >= 0.6 is 0 Å². The second-order valence-corrected chi connectivity index (χ2v) is 10.2. The van der Waals surface area contributed by atoms with Gasteiger partial charge in [0.1, 0.15) is 11.4 Å². The number of rotatable bonds is 8. The molecule has 0 spiro atoms. The van der Waals surface area contributed by atoms with Gasteiger partial charge in [-0.05, 0) is 82.1 Å². The van der Waals surface area contributed by atoms with E-state index in [0.717, 1.165) is 6.07 Å². The third-order valence-electron chi connectivity index (χ3n) is 4.46. The van der Waals surface area contributed by atoms with Crippen LogP contribution in [0.1, 0.15) is 49.5 Å². The van der Waals surface area contributed by atoms with Crippen molar-refractivity contribution in [3.8, 4) is 0 Å². The Morgan fingerprint density at radius 1 is 1.09 bits per heavy atom. The van der Waals surface area contributed by atoms with Gasteiger partial charge in [0.05, 0.1) is 4.90 Å². The molecule has 0 aliphatic heterocycles. The molecular weight excluding hydrogens is 435 g/mol. The number of halogens is 1. The Balaban J connectivity index is 1.95. The summed E-state index contributed by atoms with van der Waals surface area (Å²) in [7, 11) is -2.26. The van der Waals surface area contributed by atoms with Crippen molar-refractivity contribution in [1.82, 2.24) is 4.90 Å². The van der Waals surface area contributed by atoms with Crippen molar-refractivity contribution in [1.29, 1.82) is 0 Å². The van der Waals surface area contributed by atoms with Gasteiger partial charge in [-0.25, -0.2) is 12.8 Å². The SMILES string of the molecule is Cc1cc(S(=O)(=O)Nc2ccc(C(=O)N(C)CCCC(=O)OC(C)(C)C)cc2)ccc1F. The standard InChI is InChI=1S/C23H29FN2O5S/c1-16-15-19(12-13-20(16)24)32(29,30)25-18-10-8-17(9-11-18)22(28)26(5)14-6-7-21(27)31-23(2,3)4/h8-13,15,25H,6-7,14H2,1-5H3. The smallest absolute Gasteiger partial charge is 0.306 e. The maximum Gasteiger partial charge on any atom is 0.306 e. The molecule has 0 heterocycles. The number of nitrogens with one attached hydrogen (secondary N) is 1. The summed E-state index contributed by atoms with van der Waals surface area (Å²) in [5.74, 6) is -1.05. The Labute approximate surface area is 188 Å². The molecule has 7 nitrogen and oxygen atoms in total. The number of ether oxygens (including phenoxy) is 1. The number of anilines is 1. The maximum atomic E-state index is 13.4. The highest BCUT2D eigenvalue weighted by Crippen LogP contribution is 2.19. The molecule has 1 amide bonds. The van der Waals surface area contributed by atoms with Crippen molar-refractivity contribution in [2.24, 2.45) is 0 Å². The van der Waals surface area contributed by atoms with Gasteiger partial charge in [0, 0.05) is 31.3 Å². The normalized spacial score (nSPS) is 11.7. The number of carbonyl (C=O) groups is 2. The molecule has 2 aromatic rings. The predicted molar refractivity (Wildman–Crippen MR) is 120 cm³/mol. The molecule has 0 saturated carbocycles. The van der Waals surface area contributed by atoms with Crippen molar-refractivity contribution in [3.63, 3.8) is 0 Å². The van der Waals surface area contributed by atoms with E-state index >= 15 is 0 Å². The van der Waals surface area contributed by atoms with Crippen LogP contribution < -0.4 is 4.72 Å². The van der Waals surface area contributed by atoms with Crippen LogP contribution in [0.2, 0.25) is 0 Å². The zero-order valence-electron chi connectivity index (χ0n) is 18.9. The average molecular weight is 465 g/mol. The minimum atomic E-state index is -3.89. The predicted octanol–water partition coefficient (Wildman–Crippen LogP) is 4.13. The number of benzene rings is 2. The van der Waals surface area contributed by atoms with Gasteiger partial charge in [0.15, 0.2) is 0 Å². The van der Waals surface area contributed by atoms with Crippen molar-refractivity contribution < 1.29 is 27.1 Å². The van der Waals surface area contributed by atoms with Crippen molar-refractivity contribution in [2.75, 3.05) is 18.3 Å². The maximum absolute atomic E-state index is 13.4. The molecule has 0 saturated heterocycles. The first kappa shape index (κ1) is 25.3. The number of esters is 1. The lowest BCUT2D eigenvalue weighted by molar-refractivity contribution is -0.154. The Bertz CT molecular complexity index is 1080. The fraction of sp³-hybridized carbons (Fsp3) is 0.391. The number of hydrogen-bond acceptors (Lipinski definition) is 5. The second-order valence-electron chi connectivity index (χ2n) is 8.51. The van der Waals surface area contributed by atoms with Gasteiger partial charge in [0.25, 0.3) is 15.9 Å². The third kappa shape index (κ3) is 7.33. The molecule has 9 heteroatoms. The quantitative estimate of drug-likeness (QED) is 0.593. The van der Waals surface area contributed by atoms with Crippen molar-refractivity contribution in [3.05, 3.63) is 59.4 Å². The molecule has 32 heavy (non-hydrogen) atoms. The van der Waals surface area contributed by atoms with Crippen LogP contribution in [0.3, 0.4) is 0 Å². The number of aryl methyl sites for hydroxylation is 1. The summed E-state index contributed by atoms with van der Waals surface area (Å²) in [6.45, 7) is 7.25. The van der Waals surface area contributed by atoms with E-state index in [0.29, 0.717) is 18.5 Å². The second kappa shape index (κ2) is 10.1. The van der Waals surface area contributed by atoms with Crippen LogP contribution in [0.5, 0.6) is 0 Å². The van der Waals surface area contributed by atoms with Gasteiger partial charge in [-0.15, -0.1) is 0 Å². The minimum Gasteiger partial charge on any atom is -0.460 e. The molecule has 0 aromatic heterocycles. The first-order valence-electron chi connectivity index (χ1n) is 10.1. The monoisotopic (exact) mass is 464 g/mol. The third-order valence-corrected chi connectivity index (χ3v) is 5.84. The highest BCUT2D eigenvalue weighted by atomic mass is 32.2. The lowest BCUT2D eigenvalue weighted by Gasteiger charge is -2.20. The summed E-state index contributed by atoms with van der Waals surface area (Å²) >= 11 is 0. The van der Waals surface area contributed by atoms with Crippen LogP contribution in [-0.2, 0) is 19.6 Å². The highest BCUT2D eigenvalue weighted by Gasteiger charge is 2.18. The van der Waals surface area contributed by atoms with E-state index < -0.39 is 21.4 Å². The van der Waals surface area contributed by atoms with E-state index in [1.54, 1.807) is 27.8 Å². The molecule has 0 aliphatic rings. The van der Waals surface area contributed by atoms with E-state index in [1.165, 1.54) is 48.2 Å². The van der Waals surface area contributed by atoms with Gasteiger partial charge in [-0.3, -0.25) is 14.3 Å². The molecule has 0 bridgehead atoms. The van der Waals surface area contributed by atoms with Gasteiger partial charge < -0.3 is 9.64 Å². The number of carbonyl (C=O) groups excluding carboxylic acids is 2. The Hall–Kier alpha value is -2.94.